The van der Waals surface area contributed by atoms with Gasteiger partial charge in [-0.05, 0) is 23.7 Å². The van der Waals surface area contributed by atoms with Gasteiger partial charge in [0.1, 0.15) is 0 Å². The van der Waals surface area contributed by atoms with Gasteiger partial charge in [0.15, 0.2) is 0 Å². The largest absolute Gasteiger partial charge is 0.345 e. The Kier molecular flexibility index (Phi) is 5.55. The summed E-state index contributed by atoms with van der Waals surface area (Å²) in [4.78, 5) is 0. The normalized spacial score (nSPS) is 37.2. The van der Waals surface area contributed by atoms with E-state index >= 15 is 0 Å². The van der Waals surface area contributed by atoms with Gasteiger partial charge in [0, 0.05) is 32.7 Å². The van der Waals surface area contributed by atoms with Crippen LogP contribution < -0.4 is 0 Å². The molecule has 0 bridgehead atoms. The topological polar surface area (TPSA) is 0 Å². The molecule has 0 aliphatic heterocycles. The molecular weight excluding hydrogens is 257 g/mol. The molecule has 0 N–H and O–H groups in total. The first-order chi connectivity index (χ1) is 6.22. The zero-order chi connectivity index (χ0) is 11.0. The van der Waals surface area contributed by atoms with Crippen molar-refractivity contribution < 1.29 is 32.7 Å². The molecule has 1 aliphatic rings. The average molecular weight is 283 g/mol. The average Bonchev–Trinajstić information content (AvgIpc) is 2.09. The molecule has 0 aromatic carbocycles. The number of hydrogen-bond acceptors (Lipinski definition) is 0. The summed E-state index contributed by atoms with van der Waals surface area (Å²) >= 11 is 0. The van der Waals surface area contributed by atoms with Crippen LogP contribution in [0.5, 0.6) is 0 Å². The third kappa shape index (κ3) is 3.53. The van der Waals surface area contributed by atoms with Crippen molar-refractivity contribution in [1.29, 1.82) is 0 Å². The van der Waals surface area contributed by atoms with Crippen LogP contribution in [0.25, 0.3) is 0 Å². The first kappa shape index (κ1) is 16.1. The van der Waals surface area contributed by atoms with Gasteiger partial charge in [0.05, 0.1) is 0 Å². The maximum atomic E-state index is 4.33. The molecule has 1 heteroatoms. The Morgan fingerprint density at radius 2 is 1.47 bits per heavy atom. The maximum Gasteiger partial charge on any atom is 0 e. The fraction of sp³-hybridized carbons (Fsp3) is 0.857. The van der Waals surface area contributed by atoms with E-state index in [4.69, 9.17) is 0 Å². The van der Waals surface area contributed by atoms with Crippen LogP contribution in [0.4, 0.5) is 0 Å². The summed E-state index contributed by atoms with van der Waals surface area (Å²) in [5, 5.41) is 0. The summed E-state index contributed by atoms with van der Waals surface area (Å²) in [5.41, 5.74) is 1.21. The minimum atomic E-state index is 0. The maximum absolute atomic E-state index is 4.33. The monoisotopic (exact) mass is 283 g/mol. The summed E-state index contributed by atoms with van der Waals surface area (Å²) in [7, 11) is 0. The molecule has 1 radical (unpaired) electrons. The third-order valence-electron chi connectivity index (χ3n) is 4.76. The van der Waals surface area contributed by atoms with Gasteiger partial charge < -0.3 is 13.8 Å². The van der Waals surface area contributed by atoms with Crippen molar-refractivity contribution in [3.8, 4) is 0 Å². The van der Waals surface area contributed by atoms with Crippen molar-refractivity contribution in [3.05, 3.63) is 13.8 Å². The smallest absolute Gasteiger partial charge is 0 e. The zero-order valence-electron chi connectivity index (χ0n) is 11.0. The van der Waals surface area contributed by atoms with Crippen LogP contribution in [0.1, 0.15) is 59.8 Å². The van der Waals surface area contributed by atoms with Gasteiger partial charge in [0.2, 0.25) is 0 Å². The second kappa shape index (κ2) is 5.17. The van der Waals surface area contributed by atoms with E-state index in [0.717, 1.165) is 6.42 Å². The Morgan fingerprint density at radius 1 is 1.07 bits per heavy atom. The first-order valence-electron chi connectivity index (χ1n) is 5.87. The van der Waals surface area contributed by atoms with Gasteiger partial charge in [-0.3, -0.25) is 0 Å². The molecule has 0 atom stereocenters. The minimum absolute atomic E-state index is 0. The molecule has 0 aromatic heterocycles. The summed E-state index contributed by atoms with van der Waals surface area (Å²) in [6.45, 7) is 17.9. The van der Waals surface area contributed by atoms with Crippen molar-refractivity contribution in [3.63, 3.8) is 0 Å². The van der Waals surface area contributed by atoms with Crippen LogP contribution >= 0.6 is 0 Å². The van der Waals surface area contributed by atoms with E-state index in [9.17, 15) is 0 Å². The second-order valence-corrected chi connectivity index (χ2v) is 6.56. The fourth-order valence-corrected chi connectivity index (χ4v) is 2.33. The van der Waals surface area contributed by atoms with Gasteiger partial charge in [-0.2, -0.15) is 5.41 Å². The first-order valence-corrected chi connectivity index (χ1v) is 5.87. The standard InChI is InChI=1S/C14H26.Y/c1-7-13(5)8-10-14(6,11-9-13)12(2,3)4;/h1,5,7-11H2,2-4,6H3;/q-2;. The summed E-state index contributed by atoms with van der Waals surface area (Å²) in [5.74, 6) is 0. The van der Waals surface area contributed by atoms with E-state index in [0.29, 0.717) is 10.8 Å². The van der Waals surface area contributed by atoms with Crippen LogP contribution in [-0.4, -0.2) is 0 Å². The summed E-state index contributed by atoms with van der Waals surface area (Å²) < 4.78 is 0. The van der Waals surface area contributed by atoms with Gasteiger partial charge in [0.25, 0.3) is 0 Å². The Labute approximate surface area is 122 Å². The van der Waals surface area contributed by atoms with Crippen molar-refractivity contribution in [2.75, 3.05) is 0 Å². The Hall–Kier alpha value is 1.10. The van der Waals surface area contributed by atoms with E-state index in [1.54, 1.807) is 0 Å². The van der Waals surface area contributed by atoms with Gasteiger partial charge in [-0.15, -0.1) is 0 Å². The molecule has 0 heterocycles. The van der Waals surface area contributed by atoms with Crippen molar-refractivity contribution >= 4 is 0 Å². The fourth-order valence-electron chi connectivity index (χ4n) is 2.33. The van der Waals surface area contributed by atoms with E-state index in [2.05, 4.69) is 41.5 Å². The van der Waals surface area contributed by atoms with Gasteiger partial charge >= 0.3 is 0 Å². The van der Waals surface area contributed by atoms with E-state index in [1.807, 2.05) is 0 Å². The SMILES string of the molecule is [CH2-]CC1([CH2-])CCC(C)(C(C)(C)C)CC1.[Y]. The van der Waals surface area contributed by atoms with Crippen molar-refractivity contribution in [2.24, 2.45) is 16.2 Å². The van der Waals surface area contributed by atoms with Crippen LogP contribution in [0.3, 0.4) is 0 Å². The second-order valence-electron chi connectivity index (χ2n) is 6.56. The zero-order valence-corrected chi connectivity index (χ0v) is 13.9. The minimum Gasteiger partial charge on any atom is -0.345 e. The quantitative estimate of drug-likeness (QED) is 0.614. The predicted molar refractivity (Wildman–Crippen MR) is 63.8 cm³/mol. The Bertz CT molecular complexity index is 192. The molecule has 0 amide bonds. The van der Waals surface area contributed by atoms with Crippen molar-refractivity contribution in [1.82, 2.24) is 0 Å². The molecular formula is C14H26Y-2. The molecule has 1 saturated carbocycles. The molecule has 0 nitrogen and oxygen atoms in total. The molecule has 0 saturated heterocycles. The molecule has 15 heavy (non-hydrogen) atoms. The van der Waals surface area contributed by atoms with Crippen LogP contribution in [-0.2, 0) is 32.7 Å². The van der Waals surface area contributed by atoms with E-state index in [-0.39, 0.29) is 38.1 Å². The summed E-state index contributed by atoms with van der Waals surface area (Å²) in [6.07, 6.45) is 6.13. The number of rotatable bonds is 1. The Morgan fingerprint density at radius 3 is 1.73 bits per heavy atom. The molecule has 0 unspecified atom stereocenters. The van der Waals surface area contributed by atoms with E-state index < -0.39 is 0 Å². The number of hydrogen-bond donors (Lipinski definition) is 0. The molecule has 1 aliphatic carbocycles. The third-order valence-corrected chi connectivity index (χ3v) is 4.76. The predicted octanol–water partition coefficient (Wildman–Crippen LogP) is 4.65. The molecule has 0 spiro atoms. The van der Waals surface area contributed by atoms with Crippen LogP contribution in [0.15, 0.2) is 0 Å². The summed E-state index contributed by atoms with van der Waals surface area (Å²) in [6, 6.07) is 0. The van der Waals surface area contributed by atoms with Crippen molar-refractivity contribution in [2.45, 2.75) is 59.8 Å². The van der Waals surface area contributed by atoms with Crippen LogP contribution in [0, 0.1) is 30.1 Å². The van der Waals surface area contributed by atoms with Crippen LogP contribution in [0.2, 0.25) is 0 Å². The van der Waals surface area contributed by atoms with Gasteiger partial charge in [-0.1, -0.05) is 40.5 Å². The molecule has 0 aromatic rings. The Balaban J connectivity index is 0.00000196. The molecule has 1 rings (SSSR count). The van der Waals surface area contributed by atoms with Gasteiger partial charge in [-0.25, -0.2) is 6.42 Å². The molecule has 87 valence electrons. The van der Waals surface area contributed by atoms with E-state index in [1.165, 1.54) is 25.7 Å². The molecule has 1 fully saturated rings.